The molecule has 1 aromatic heterocycles. The molecule has 0 saturated heterocycles. The number of carboxylic acid groups (broad SMARTS) is 5. The molecule has 1 amide bonds. The molecule has 1 heterocycles. The van der Waals surface area contributed by atoms with Gasteiger partial charge in [-0.05, 0) is 55.7 Å². The van der Waals surface area contributed by atoms with Crippen LogP contribution in [0.1, 0.15) is 44.1 Å². The summed E-state index contributed by atoms with van der Waals surface area (Å²) < 4.78 is 0. The number of nitrogens with two attached hydrogens (primary N) is 10. The van der Waals surface area contributed by atoms with Crippen molar-refractivity contribution in [1.29, 1.82) is 0 Å². The summed E-state index contributed by atoms with van der Waals surface area (Å²) >= 11 is 1.60. The molecule has 0 fully saturated rings. The lowest BCUT2D eigenvalue weighted by atomic mass is 10.1. The zero-order valence-electron chi connectivity index (χ0n) is 31.6. The molecule has 324 valence electrons. The van der Waals surface area contributed by atoms with Gasteiger partial charge >= 0.3 is 29.8 Å². The Morgan fingerprint density at radius 3 is 1.39 bits per heavy atom. The van der Waals surface area contributed by atoms with E-state index in [9.17, 15) is 28.8 Å². The van der Waals surface area contributed by atoms with Crippen molar-refractivity contribution < 1.29 is 54.3 Å². The number of nitrogens with zero attached hydrogens (tertiary/aromatic N) is 2. The number of aliphatic carboxylic acids is 5. The third-order valence-corrected chi connectivity index (χ3v) is 7.33. The van der Waals surface area contributed by atoms with E-state index in [-0.39, 0.29) is 18.3 Å². The maximum absolute atomic E-state index is 10.6. The van der Waals surface area contributed by atoms with E-state index < -0.39 is 66.0 Å². The van der Waals surface area contributed by atoms with Crippen molar-refractivity contribution in [1.82, 2.24) is 4.98 Å². The second-order valence-corrected chi connectivity index (χ2v) is 12.6. The highest BCUT2D eigenvalue weighted by Gasteiger charge is 2.15. The number of fused-ring (bicyclic) bond motifs is 1. The van der Waals surface area contributed by atoms with Crippen molar-refractivity contribution in [2.75, 3.05) is 25.1 Å². The minimum atomic E-state index is -1.21. The highest BCUT2D eigenvalue weighted by atomic mass is 32.2. The van der Waals surface area contributed by atoms with Crippen LogP contribution in [0.15, 0.2) is 40.4 Å². The van der Waals surface area contributed by atoms with Crippen LogP contribution in [-0.4, -0.2) is 133 Å². The molecule has 0 unspecified atom stereocenters. The van der Waals surface area contributed by atoms with Crippen molar-refractivity contribution >= 4 is 70.3 Å². The van der Waals surface area contributed by atoms with Crippen molar-refractivity contribution in [3.05, 3.63) is 36.0 Å². The number of aromatic amines is 1. The van der Waals surface area contributed by atoms with Crippen molar-refractivity contribution in [2.45, 2.75) is 75.2 Å². The summed E-state index contributed by atoms with van der Waals surface area (Å²) in [6.07, 6.45) is 6.24. The lowest BCUT2D eigenvalue weighted by molar-refractivity contribution is -0.140. The summed E-state index contributed by atoms with van der Waals surface area (Å²) in [5.74, 6) is -4.96. The van der Waals surface area contributed by atoms with Crippen molar-refractivity contribution in [3.8, 4) is 0 Å². The van der Waals surface area contributed by atoms with E-state index in [4.69, 9.17) is 77.1 Å². The number of guanidine groups is 2. The van der Waals surface area contributed by atoms with E-state index in [0.29, 0.717) is 51.6 Å². The van der Waals surface area contributed by atoms with Gasteiger partial charge in [-0.25, -0.2) is 0 Å². The Hall–Kier alpha value is -5.73. The van der Waals surface area contributed by atoms with Gasteiger partial charge in [0.25, 0.3) is 0 Å². The minimum Gasteiger partial charge on any atom is -0.480 e. The van der Waals surface area contributed by atoms with E-state index in [2.05, 4.69) is 20.7 Å². The van der Waals surface area contributed by atoms with Crippen molar-refractivity contribution in [2.24, 2.45) is 67.3 Å². The number of primary amides is 1. The van der Waals surface area contributed by atoms with Gasteiger partial charge in [0, 0.05) is 36.6 Å². The van der Waals surface area contributed by atoms with Crippen LogP contribution in [0.3, 0.4) is 0 Å². The Labute approximate surface area is 332 Å². The van der Waals surface area contributed by atoms with Crippen LogP contribution < -0.4 is 57.3 Å². The summed E-state index contributed by atoms with van der Waals surface area (Å²) in [5.41, 5.74) is 52.8. The Kier molecular flexibility index (Phi) is 31.7. The molecule has 0 aliphatic carbocycles. The Bertz CT molecular complexity index is 1530. The number of para-hydroxylation sites is 1. The second kappa shape index (κ2) is 32.5. The molecule has 5 atom stereocenters. The number of nitrogens with one attached hydrogen (secondary N) is 1. The van der Waals surface area contributed by atoms with Crippen LogP contribution in [0.4, 0.5) is 0 Å². The van der Waals surface area contributed by atoms with Gasteiger partial charge in [0.05, 0.1) is 6.42 Å². The molecule has 26 N–H and O–H groups in total. The van der Waals surface area contributed by atoms with E-state index >= 15 is 0 Å². The second-order valence-electron chi connectivity index (χ2n) is 11.6. The number of amides is 1. The number of rotatable bonds is 20. The molecular weight excluding hydrogens is 774 g/mol. The zero-order chi connectivity index (χ0) is 44.7. The molecule has 57 heavy (non-hydrogen) atoms. The van der Waals surface area contributed by atoms with Crippen LogP contribution in [0.5, 0.6) is 0 Å². The zero-order valence-corrected chi connectivity index (χ0v) is 32.4. The van der Waals surface area contributed by atoms with Crippen LogP contribution in [0.25, 0.3) is 10.9 Å². The fourth-order valence-electron chi connectivity index (χ4n) is 3.58. The molecule has 0 aliphatic heterocycles. The third-order valence-electron chi connectivity index (χ3n) is 6.69. The third kappa shape index (κ3) is 32.2. The first kappa shape index (κ1) is 55.6. The summed E-state index contributed by atoms with van der Waals surface area (Å²) in [6.45, 7) is 0.840. The first-order chi connectivity index (χ1) is 26.5. The minimum absolute atomic E-state index is 0.0129. The Morgan fingerprint density at radius 1 is 0.632 bits per heavy atom. The van der Waals surface area contributed by atoms with Gasteiger partial charge in [-0.2, -0.15) is 11.8 Å². The number of carbonyl (C=O) groups excluding carboxylic acids is 1. The van der Waals surface area contributed by atoms with Gasteiger partial charge in [-0.1, -0.05) is 18.2 Å². The molecule has 0 bridgehead atoms. The number of carbonyl (C=O) groups is 6. The van der Waals surface area contributed by atoms with E-state index in [1.54, 1.807) is 11.8 Å². The molecule has 0 radical (unpaired) electrons. The van der Waals surface area contributed by atoms with Gasteiger partial charge in [0.2, 0.25) is 5.91 Å². The van der Waals surface area contributed by atoms with Gasteiger partial charge in [0.15, 0.2) is 11.9 Å². The number of aliphatic imine (C=N–C) groups is 2. The molecule has 2 aromatic rings. The lowest BCUT2D eigenvalue weighted by Crippen LogP contribution is -2.34. The van der Waals surface area contributed by atoms with Crippen LogP contribution in [-0.2, 0) is 35.2 Å². The van der Waals surface area contributed by atoms with Crippen LogP contribution >= 0.6 is 11.8 Å². The highest BCUT2D eigenvalue weighted by molar-refractivity contribution is 7.98. The van der Waals surface area contributed by atoms with E-state index in [1.165, 1.54) is 0 Å². The van der Waals surface area contributed by atoms with Gasteiger partial charge < -0.3 is 87.9 Å². The molecule has 25 heteroatoms. The van der Waals surface area contributed by atoms with E-state index in [1.807, 2.05) is 36.7 Å². The maximum Gasteiger partial charge on any atom is 0.321 e. The molecule has 0 aliphatic rings. The number of hydrogen-bond acceptors (Lipinski definition) is 14. The number of thioether (sulfide) groups is 1. The summed E-state index contributed by atoms with van der Waals surface area (Å²) in [5, 5.41) is 42.9. The standard InChI is InChI=1S/C11H12N2O2.2C6H14N4O2.C5H11NO2S.C4H8N2O3/c12-9(11(14)15)5-7-6-13-10-4-2-1-3-8(7)10;2*7-4(5(11)12)2-1-3-10-6(8)9;1-9-3-2-4(6)5(7)8;5-2(4(8)9)1-3(6)7/h1-4,6,9,13H,5,12H2,(H,14,15);2*4H,1-3,7H2,(H,11,12)(H4,8,9,10);4H,2-3,6H2,1H3,(H,7,8);2H,1,5H2,(H2,6,7)(H,8,9)/t9-;3*4-;2-/m00000/s1. The predicted octanol–water partition coefficient (Wildman–Crippen LogP) is -3.55. The first-order valence-corrected chi connectivity index (χ1v) is 18.2. The fourth-order valence-corrected chi connectivity index (χ4v) is 4.07. The highest BCUT2D eigenvalue weighted by Crippen LogP contribution is 2.18. The molecule has 0 spiro atoms. The topological polar surface area (TPSA) is 504 Å². The quantitative estimate of drug-likeness (QED) is 0.0349. The average Bonchev–Trinajstić information content (AvgIpc) is 3.53. The number of H-pyrrole nitrogens is 1. The summed E-state index contributed by atoms with van der Waals surface area (Å²) in [6, 6.07) is 3.43. The Morgan fingerprint density at radius 2 is 1.04 bits per heavy atom. The predicted molar refractivity (Wildman–Crippen MR) is 217 cm³/mol. The number of hydrogen-bond donors (Lipinski definition) is 16. The largest absolute Gasteiger partial charge is 0.480 e. The van der Waals surface area contributed by atoms with Crippen LogP contribution in [0, 0.1) is 0 Å². The monoisotopic (exact) mass is 833 g/mol. The smallest absolute Gasteiger partial charge is 0.321 e. The average molecular weight is 834 g/mol. The van der Waals surface area contributed by atoms with E-state index in [0.717, 1.165) is 22.2 Å². The normalized spacial score (nSPS) is 12.5. The summed E-state index contributed by atoms with van der Waals surface area (Å²) in [7, 11) is 0. The summed E-state index contributed by atoms with van der Waals surface area (Å²) in [4.78, 5) is 71.5. The van der Waals surface area contributed by atoms with Crippen molar-refractivity contribution in [3.63, 3.8) is 0 Å². The molecule has 1 aromatic carbocycles. The van der Waals surface area contributed by atoms with Gasteiger partial charge in [0.1, 0.15) is 30.2 Å². The molecular formula is C32H59N13O11S. The number of benzene rings is 1. The lowest BCUT2D eigenvalue weighted by Gasteiger charge is -2.04. The first-order valence-electron chi connectivity index (χ1n) is 16.8. The van der Waals surface area contributed by atoms with Gasteiger partial charge in [-0.3, -0.25) is 38.8 Å². The maximum atomic E-state index is 10.6. The molecule has 24 nitrogen and oxygen atoms in total. The SMILES string of the molecule is CSCC[C@H](N)C(=O)O.NC(=O)C[C@H](N)C(=O)O.NC(N)=NCCC[C@H](N)C(=O)O.NC(N)=NCCC[C@H](N)C(=O)O.N[C@@H](Cc1c[nH]c2ccccc12)C(=O)O. The fraction of sp³-hybridized carbons (Fsp3) is 0.500. The molecule has 2 rings (SSSR count). The van der Waals surface area contributed by atoms with Crippen LogP contribution in [0.2, 0.25) is 0 Å². The number of carboxylic acids is 5. The van der Waals surface area contributed by atoms with Gasteiger partial charge in [-0.15, -0.1) is 0 Å². The molecule has 0 saturated carbocycles. The Balaban J connectivity index is -0.000000650. The number of aromatic nitrogens is 1.